The van der Waals surface area contributed by atoms with Gasteiger partial charge in [-0.2, -0.15) is 5.10 Å². The second-order valence-electron chi connectivity index (χ2n) is 5.81. The van der Waals surface area contributed by atoms with E-state index in [0.29, 0.717) is 0 Å². The minimum Gasteiger partial charge on any atom is -0.465 e. The number of rotatable bonds is 7. The van der Waals surface area contributed by atoms with Crippen LogP contribution in [-0.4, -0.2) is 16.3 Å². The highest BCUT2D eigenvalue weighted by molar-refractivity contribution is 5.32. The fourth-order valence-electron chi connectivity index (χ4n) is 2.65. The van der Waals surface area contributed by atoms with Crippen LogP contribution in [0, 0.1) is 13.8 Å². The number of aryl methyl sites for hydroxylation is 3. The molecule has 0 saturated heterocycles. The van der Waals surface area contributed by atoms with Gasteiger partial charge in [-0.25, -0.2) is 4.68 Å². The summed E-state index contributed by atoms with van der Waals surface area (Å²) in [5.41, 5.74) is 3.52. The summed E-state index contributed by atoms with van der Waals surface area (Å²) < 4.78 is 7.51. The minimum absolute atomic E-state index is 0.788. The highest BCUT2D eigenvalue weighted by Gasteiger charge is 2.06. The summed E-state index contributed by atoms with van der Waals surface area (Å²) in [7, 11) is 0. The van der Waals surface area contributed by atoms with Crippen molar-refractivity contribution in [3.63, 3.8) is 0 Å². The molecule has 3 aromatic rings. The number of benzene rings is 1. The standard InChI is InChI=1S/C19H23N3O/c1-15-10-11-19(23-15)13-20-12-6-7-17-14-22(21-16(17)2)18-8-4-3-5-9-18/h3-5,8-11,14,20H,6-7,12-13H2,1-2H3. The van der Waals surface area contributed by atoms with Gasteiger partial charge >= 0.3 is 0 Å². The first kappa shape index (κ1) is 15.6. The zero-order valence-corrected chi connectivity index (χ0v) is 13.7. The molecule has 0 saturated carbocycles. The van der Waals surface area contributed by atoms with Crippen LogP contribution >= 0.6 is 0 Å². The number of para-hydroxylation sites is 1. The Morgan fingerprint density at radius 3 is 2.65 bits per heavy atom. The molecule has 3 rings (SSSR count). The summed E-state index contributed by atoms with van der Waals surface area (Å²) in [6.07, 6.45) is 4.25. The second-order valence-corrected chi connectivity index (χ2v) is 5.81. The molecule has 23 heavy (non-hydrogen) atoms. The van der Waals surface area contributed by atoms with Crippen molar-refractivity contribution in [2.24, 2.45) is 0 Å². The SMILES string of the molecule is Cc1ccc(CNCCCc2cn(-c3ccccc3)nc2C)o1. The molecule has 1 aromatic carbocycles. The molecule has 4 nitrogen and oxygen atoms in total. The van der Waals surface area contributed by atoms with E-state index in [1.54, 1.807) is 0 Å². The molecule has 120 valence electrons. The van der Waals surface area contributed by atoms with Gasteiger partial charge in [0.15, 0.2) is 0 Å². The van der Waals surface area contributed by atoms with Gasteiger partial charge in [0.2, 0.25) is 0 Å². The largest absolute Gasteiger partial charge is 0.465 e. The lowest BCUT2D eigenvalue weighted by molar-refractivity contribution is 0.460. The highest BCUT2D eigenvalue weighted by atomic mass is 16.3. The van der Waals surface area contributed by atoms with E-state index < -0.39 is 0 Å². The van der Waals surface area contributed by atoms with Gasteiger partial charge in [-0.3, -0.25) is 0 Å². The molecule has 0 fully saturated rings. The monoisotopic (exact) mass is 309 g/mol. The number of furan rings is 1. The Morgan fingerprint density at radius 1 is 1.09 bits per heavy atom. The first-order valence-electron chi connectivity index (χ1n) is 8.09. The first-order chi connectivity index (χ1) is 11.2. The van der Waals surface area contributed by atoms with E-state index in [4.69, 9.17) is 4.42 Å². The highest BCUT2D eigenvalue weighted by Crippen LogP contribution is 2.13. The van der Waals surface area contributed by atoms with Crippen molar-refractivity contribution in [1.29, 1.82) is 0 Å². The first-order valence-corrected chi connectivity index (χ1v) is 8.09. The predicted octanol–water partition coefficient (Wildman–Crippen LogP) is 3.80. The van der Waals surface area contributed by atoms with E-state index in [1.807, 2.05) is 41.9 Å². The minimum atomic E-state index is 0.788. The summed E-state index contributed by atoms with van der Waals surface area (Å²) in [6.45, 7) is 5.80. The normalized spacial score (nSPS) is 11.0. The Morgan fingerprint density at radius 2 is 1.91 bits per heavy atom. The third kappa shape index (κ3) is 4.11. The van der Waals surface area contributed by atoms with Crippen LogP contribution in [0.25, 0.3) is 5.69 Å². The van der Waals surface area contributed by atoms with Crippen LogP contribution in [0.5, 0.6) is 0 Å². The van der Waals surface area contributed by atoms with Crippen molar-refractivity contribution in [3.8, 4) is 5.69 Å². The van der Waals surface area contributed by atoms with E-state index in [-0.39, 0.29) is 0 Å². The quantitative estimate of drug-likeness (QED) is 0.675. The Labute approximate surface area is 137 Å². The molecule has 0 radical (unpaired) electrons. The van der Waals surface area contributed by atoms with Gasteiger partial charge in [-0.1, -0.05) is 18.2 Å². The van der Waals surface area contributed by atoms with Gasteiger partial charge in [0.05, 0.1) is 17.9 Å². The van der Waals surface area contributed by atoms with Gasteiger partial charge in [-0.15, -0.1) is 0 Å². The van der Waals surface area contributed by atoms with Gasteiger partial charge < -0.3 is 9.73 Å². The molecule has 1 N–H and O–H groups in total. The number of hydrogen-bond donors (Lipinski definition) is 1. The molecule has 0 aliphatic carbocycles. The van der Waals surface area contributed by atoms with Gasteiger partial charge in [0.1, 0.15) is 11.5 Å². The Kier molecular flexibility index (Phi) is 4.93. The van der Waals surface area contributed by atoms with Crippen molar-refractivity contribution >= 4 is 0 Å². The Hall–Kier alpha value is -2.33. The summed E-state index contributed by atoms with van der Waals surface area (Å²) in [5.74, 6) is 1.96. The zero-order valence-electron chi connectivity index (χ0n) is 13.7. The van der Waals surface area contributed by atoms with Crippen LogP contribution in [0.4, 0.5) is 0 Å². The van der Waals surface area contributed by atoms with Crippen LogP contribution in [-0.2, 0) is 13.0 Å². The van der Waals surface area contributed by atoms with E-state index in [2.05, 4.69) is 35.7 Å². The van der Waals surface area contributed by atoms with Crippen LogP contribution in [0.1, 0.15) is 29.2 Å². The molecule has 0 bridgehead atoms. The van der Waals surface area contributed by atoms with Crippen molar-refractivity contribution in [1.82, 2.24) is 15.1 Å². The third-order valence-corrected chi connectivity index (χ3v) is 3.92. The van der Waals surface area contributed by atoms with E-state index in [0.717, 1.165) is 48.8 Å². The van der Waals surface area contributed by atoms with Crippen molar-refractivity contribution in [2.75, 3.05) is 6.54 Å². The van der Waals surface area contributed by atoms with Crippen molar-refractivity contribution in [3.05, 3.63) is 71.4 Å². The van der Waals surface area contributed by atoms with Crippen LogP contribution in [0.2, 0.25) is 0 Å². The number of hydrogen-bond acceptors (Lipinski definition) is 3. The van der Waals surface area contributed by atoms with E-state index >= 15 is 0 Å². The van der Waals surface area contributed by atoms with Gasteiger partial charge in [0.25, 0.3) is 0 Å². The molecule has 0 spiro atoms. The maximum Gasteiger partial charge on any atom is 0.117 e. The lowest BCUT2D eigenvalue weighted by Gasteiger charge is -2.02. The summed E-state index contributed by atoms with van der Waals surface area (Å²) >= 11 is 0. The smallest absolute Gasteiger partial charge is 0.117 e. The van der Waals surface area contributed by atoms with Crippen LogP contribution in [0.3, 0.4) is 0 Å². The van der Waals surface area contributed by atoms with E-state index in [9.17, 15) is 0 Å². The number of aromatic nitrogens is 2. The van der Waals surface area contributed by atoms with Gasteiger partial charge in [0, 0.05) is 6.20 Å². The predicted molar refractivity (Wildman–Crippen MR) is 91.8 cm³/mol. The van der Waals surface area contributed by atoms with Gasteiger partial charge in [-0.05, 0) is 63.1 Å². The molecule has 0 atom stereocenters. The molecule has 2 aromatic heterocycles. The second kappa shape index (κ2) is 7.29. The lowest BCUT2D eigenvalue weighted by Crippen LogP contribution is -2.14. The Balaban J connectivity index is 1.48. The van der Waals surface area contributed by atoms with Crippen molar-refractivity contribution < 1.29 is 4.42 Å². The molecule has 4 heteroatoms. The molecule has 0 aliphatic heterocycles. The molecule has 0 aliphatic rings. The summed E-state index contributed by atoms with van der Waals surface area (Å²) in [5, 5.41) is 8.03. The topological polar surface area (TPSA) is 43.0 Å². The van der Waals surface area contributed by atoms with Crippen molar-refractivity contribution in [2.45, 2.75) is 33.2 Å². The zero-order chi connectivity index (χ0) is 16.1. The number of nitrogens with zero attached hydrogens (tertiary/aromatic N) is 2. The van der Waals surface area contributed by atoms with E-state index in [1.165, 1.54) is 5.56 Å². The number of nitrogens with one attached hydrogen (secondary N) is 1. The average Bonchev–Trinajstić information content (AvgIpc) is 3.14. The molecule has 2 heterocycles. The molecule has 0 unspecified atom stereocenters. The van der Waals surface area contributed by atoms with Crippen LogP contribution < -0.4 is 5.32 Å². The molecular weight excluding hydrogens is 286 g/mol. The maximum absolute atomic E-state index is 5.54. The Bertz CT molecular complexity index is 743. The fraction of sp³-hybridized carbons (Fsp3) is 0.316. The third-order valence-electron chi connectivity index (χ3n) is 3.92. The summed E-state index contributed by atoms with van der Waals surface area (Å²) in [6, 6.07) is 14.3. The summed E-state index contributed by atoms with van der Waals surface area (Å²) in [4.78, 5) is 0. The fourth-order valence-corrected chi connectivity index (χ4v) is 2.65. The lowest BCUT2D eigenvalue weighted by atomic mass is 10.1. The van der Waals surface area contributed by atoms with Crippen LogP contribution in [0.15, 0.2) is 53.1 Å². The average molecular weight is 309 g/mol. The maximum atomic E-state index is 5.54. The molecular formula is C19H23N3O. The molecule has 0 amide bonds.